The largest absolute Gasteiger partial charge is 0.365 e. The summed E-state index contributed by atoms with van der Waals surface area (Å²) in [6.07, 6.45) is 0. The first-order valence-electron chi connectivity index (χ1n) is 4.93. The molecule has 0 unspecified atom stereocenters. The van der Waals surface area contributed by atoms with E-state index in [0.717, 1.165) is 0 Å². The third-order valence-electron chi connectivity index (χ3n) is 1.98. The lowest BCUT2D eigenvalue weighted by atomic mass is 10.1. The molecule has 1 aromatic rings. The van der Waals surface area contributed by atoms with E-state index in [2.05, 4.69) is 16.0 Å². The molecule has 0 bridgehead atoms. The molecule has 0 heterocycles. The van der Waals surface area contributed by atoms with Crippen molar-refractivity contribution in [3.8, 4) is 0 Å². The second-order valence-corrected chi connectivity index (χ2v) is 3.70. The molecule has 1 rings (SSSR count). The van der Waals surface area contributed by atoms with E-state index in [1.807, 2.05) is 0 Å². The van der Waals surface area contributed by atoms with E-state index >= 15 is 0 Å². The van der Waals surface area contributed by atoms with Gasteiger partial charge in [-0.2, -0.15) is 0 Å². The summed E-state index contributed by atoms with van der Waals surface area (Å²) in [5, 5.41) is 7.83. The second-order valence-electron chi connectivity index (χ2n) is 3.30. The highest BCUT2D eigenvalue weighted by Gasteiger charge is 2.05. The van der Waals surface area contributed by atoms with E-state index in [1.54, 1.807) is 31.3 Å². The number of thiocarbonyl (C=S) groups is 1. The maximum Gasteiger partial charge on any atom is 0.325 e. The number of Topliss-reactive ketones (excluding diaryl/α,β-unsaturated/α-hetero) is 1. The molecule has 5 nitrogen and oxygen atoms in total. The molecule has 0 aliphatic rings. The summed E-state index contributed by atoms with van der Waals surface area (Å²) in [5.41, 5.74) is 1.08. The van der Waals surface area contributed by atoms with Crippen LogP contribution in [0.3, 0.4) is 0 Å². The third kappa shape index (κ3) is 4.20. The minimum atomic E-state index is -0.454. The second kappa shape index (κ2) is 5.95. The van der Waals surface area contributed by atoms with Gasteiger partial charge in [0.1, 0.15) is 0 Å². The van der Waals surface area contributed by atoms with E-state index in [1.165, 1.54) is 6.92 Å². The van der Waals surface area contributed by atoms with Gasteiger partial charge in [0.15, 0.2) is 10.9 Å². The van der Waals surface area contributed by atoms with Crippen LogP contribution in [0.4, 0.5) is 10.5 Å². The standard InChI is InChI=1S/C11H13N3O2S/c1-7(15)8-4-3-5-9(6-8)13-10(16)14-11(17)12-2/h3-6H,1-2H3,(H3,12,13,14,16,17). The molecule has 0 radical (unpaired) electrons. The minimum absolute atomic E-state index is 0.0557. The van der Waals surface area contributed by atoms with E-state index < -0.39 is 6.03 Å². The van der Waals surface area contributed by atoms with Crippen molar-refractivity contribution < 1.29 is 9.59 Å². The Bertz CT molecular complexity index is 460. The van der Waals surface area contributed by atoms with Crippen LogP contribution in [-0.2, 0) is 0 Å². The number of carbonyl (C=O) groups excluding carboxylic acids is 2. The van der Waals surface area contributed by atoms with Crippen LogP contribution in [0.15, 0.2) is 24.3 Å². The van der Waals surface area contributed by atoms with Crippen LogP contribution in [0.5, 0.6) is 0 Å². The van der Waals surface area contributed by atoms with Crippen molar-refractivity contribution in [1.82, 2.24) is 10.6 Å². The first-order chi connectivity index (χ1) is 8.02. The van der Waals surface area contributed by atoms with Crippen molar-refractivity contribution in [2.45, 2.75) is 6.92 Å². The Morgan fingerprint density at radius 1 is 1.29 bits per heavy atom. The Balaban J connectivity index is 2.68. The molecule has 0 aliphatic heterocycles. The van der Waals surface area contributed by atoms with Gasteiger partial charge < -0.3 is 10.6 Å². The highest BCUT2D eigenvalue weighted by molar-refractivity contribution is 7.80. The lowest BCUT2D eigenvalue weighted by molar-refractivity contribution is 0.101. The van der Waals surface area contributed by atoms with Gasteiger partial charge in [0.25, 0.3) is 0 Å². The van der Waals surface area contributed by atoms with Crippen molar-refractivity contribution in [3.05, 3.63) is 29.8 Å². The Kier molecular flexibility index (Phi) is 4.59. The van der Waals surface area contributed by atoms with Crippen LogP contribution in [0.25, 0.3) is 0 Å². The number of anilines is 1. The van der Waals surface area contributed by atoms with E-state index in [0.29, 0.717) is 11.3 Å². The first kappa shape index (κ1) is 13.1. The molecule has 0 saturated carbocycles. The quantitative estimate of drug-likeness (QED) is 0.550. The minimum Gasteiger partial charge on any atom is -0.365 e. The maximum atomic E-state index is 11.4. The highest BCUT2D eigenvalue weighted by atomic mass is 32.1. The van der Waals surface area contributed by atoms with E-state index in [4.69, 9.17) is 12.2 Å². The van der Waals surface area contributed by atoms with Crippen LogP contribution in [0.2, 0.25) is 0 Å². The molecular weight excluding hydrogens is 238 g/mol. The fourth-order valence-electron chi connectivity index (χ4n) is 1.14. The summed E-state index contributed by atoms with van der Waals surface area (Å²) >= 11 is 4.78. The number of urea groups is 1. The molecule has 90 valence electrons. The smallest absolute Gasteiger partial charge is 0.325 e. The van der Waals surface area contributed by atoms with Gasteiger partial charge in [-0.15, -0.1) is 0 Å². The number of carbonyl (C=O) groups is 2. The molecule has 6 heteroatoms. The lowest BCUT2D eigenvalue weighted by Crippen LogP contribution is -2.39. The van der Waals surface area contributed by atoms with Crippen LogP contribution < -0.4 is 16.0 Å². The van der Waals surface area contributed by atoms with E-state index in [-0.39, 0.29) is 10.9 Å². The fourth-order valence-corrected chi connectivity index (χ4v) is 1.24. The number of amides is 2. The van der Waals surface area contributed by atoms with Gasteiger partial charge in [0, 0.05) is 18.3 Å². The molecule has 0 fully saturated rings. The normalized spacial score (nSPS) is 9.29. The van der Waals surface area contributed by atoms with Crippen molar-refractivity contribution in [2.24, 2.45) is 0 Å². The highest BCUT2D eigenvalue weighted by Crippen LogP contribution is 2.10. The Labute approximate surface area is 105 Å². The lowest BCUT2D eigenvalue weighted by Gasteiger charge is -2.08. The maximum absolute atomic E-state index is 11.4. The predicted octanol–water partition coefficient (Wildman–Crippen LogP) is 1.51. The molecule has 2 amide bonds. The number of ketones is 1. The summed E-state index contributed by atoms with van der Waals surface area (Å²) in [4.78, 5) is 22.6. The van der Waals surface area contributed by atoms with Crippen LogP contribution in [0, 0.1) is 0 Å². The van der Waals surface area contributed by atoms with Crippen molar-refractivity contribution in [2.75, 3.05) is 12.4 Å². The summed E-state index contributed by atoms with van der Waals surface area (Å²) in [7, 11) is 1.61. The molecule has 3 N–H and O–H groups in total. The molecule has 0 atom stereocenters. The average Bonchev–Trinajstić information content (AvgIpc) is 2.28. The summed E-state index contributed by atoms with van der Waals surface area (Å²) in [5.74, 6) is -0.0557. The monoisotopic (exact) mass is 251 g/mol. The molecule has 0 aromatic heterocycles. The zero-order valence-corrected chi connectivity index (χ0v) is 10.4. The van der Waals surface area contributed by atoms with Gasteiger partial charge in [-0.25, -0.2) is 4.79 Å². The SMILES string of the molecule is CNC(=S)NC(=O)Nc1cccc(C(C)=O)c1. The van der Waals surface area contributed by atoms with Crippen LogP contribution in [-0.4, -0.2) is 24.0 Å². The zero-order chi connectivity index (χ0) is 12.8. The number of hydrogen-bond acceptors (Lipinski definition) is 3. The van der Waals surface area contributed by atoms with Crippen molar-refractivity contribution in [3.63, 3.8) is 0 Å². The van der Waals surface area contributed by atoms with Gasteiger partial charge in [0.05, 0.1) is 0 Å². The number of nitrogens with one attached hydrogen (secondary N) is 3. The zero-order valence-electron chi connectivity index (χ0n) is 9.53. The van der Waals surface area contributed by atoms with Crippen LogP contribution >= 0.6 is 12.2 Å². The Morgan fingerprint density at radius 3 is 2.59 bits per heavy atom. The van der Waals surface area contributed by atoms with Gasteiger partial charge in [-0.3, -0.25) is 10.1 Å². The first-order valence-corrected chi connectivity index (χ1v) is 5.34. The van der Waals surface area contributed by atoms with Crippen molar-refractivity contribution in [1.29, 1.82) is 0 Å². The number of rotatable bonds is 2. The predicted molar refractivity (Wildman–Crippen MR) is 70.3 cm³/mol. The molecule has 0 saturated heterocycles. The Morgan fingerprint density at radius 2 is 2.00 bits per heavy atom. The summed E-state index contributed by atoms with van der Waals surface area (Å²) in [6.45, 7) is 1.47. The van der Waals surface area contributed by atoms with E-state index in [9.17, 15) is 9.59 Å². The fraction of sp³-hybridized carbons (Fsp3) is 0.182. The summed E-state index contributed by atoms with van der Waals surface area (Å²) < 4.78 is 0. The van der Waals surface area contributed by atoms with Crippen LogP contribution in [0.1, 0.15) is 17.3 Å². The van der Waals surface area contributed by atoms with Gasteiger partial charge in [-0.1, -0.05) is 12.1 Å². The molecular formula is C11H13N3O2S. The third-order valence-corrected chi connectivity index (χ3v) is 2.29. The van der Waals surface area contributed by atoms with Gasteiger partial charge in [-0.05, 0) is 31.3 Å². The Hall–Kier alpha value is -1.95. The molecule has 17 heavy (non-hydrogen) atoms. The molecule has 0 spiro atoms. The average molecular weight is 251 g/mol. The topological polar surface area (TPSA) is 70.2 Å². The molecule has 1 aromatic carbocycles. The van der Waals surface area contributed by atoms with Gasteiger partial charge >= 0.3 is 6.03 Å². The van der Waals surface area contributed by atoms with Crippen molar-refractivity contribution >= 4 is 34.8 Å². The number of benzene rings is 1. The molecule has 0 aliphatic carbocycles. The number of hydrogen-bond donors (Lipinski definition) is 3. The van der Waals surface area contributed by atoms with Gasteiger partial charge in [0.2, 0.25) is 0 Å². The summed E-state index contributed by atoms with van der Waals surface area (Å²) in [6, 6.07) is 6.22.